The first-order valence-corrected chi connectivity index (χ1v) is 9.29. The van der Waals surface area contributed by atoms with Crippen LogP contribution < -0.4 is 19.5 Å². The highest BCUT2D eigenvalue weighted by atomic mass is 32.2. The average Bonchev–Trinajstić information content (AvgIpc) is 2.97. The Labute approximate surface area is 152 Å². The van der Waals surface area contributed by atoms with E-state index in [-0.39, 0.29) is 23.9 Å². The van der Waals surface area contributed by atoms with E-state index in [1.807, 2.05) is 0 Å². The maximum Gasteiger partial charge on any atom is 0.251 e. The second kappa shape index (κ2) is 8.19. The van der Waals surface area contributed by atoms with E-state index in [4.69, 9.17) is 9.47 Å². The Morgan fingerprint density at radius 1 is 1.12 bits per heavy atom. The van der Waals surface area contributed by atoms with E-state index in [0.29, 0.717) is 28.5 Å². The molecule has 2 aromatic rings. The Balaban J connectivity index is 1.95. The predicted octanol–water partition coefficient (Wildman–Crippen LogP) is 0.752. The Kier molecular flexibility index (Phi) is 6.22. The molecule has 0 saturated heterocycles. The molecule has 26 heavy (non-hydrogen) atoms. The van der Waals surface area contributed by atoms with E-state index in [9.17, 15) is 13.2 Å². The number of methoxy groups -OCH3 is 2. The van der Waals surface area contributed by atoms with E-state index in [1.165, 1.54) is 14.2 Å². The van der Waals surface area contributed by atoms with E-state index in [1.54, 1.807) is 32.0 Å². The van der Waals surface area contributed by atoms with Crippen LogP contribution in [0.25, 0.3) is 0 Å². The van der Waals surface area contributed by atoms with Gasteiger partial charge in [0.2, 0.25) is 10.0 Å². The van der Waals surface area contributed by atoms with Crippen LogP contribution in [0.1, 0.15) is 21.7 Å². The normalized spacial score (nSPS) is 11.2. The van der Waals surface area contributed by atoms with Crippen LogP contribution in [0.3, 0.4) is 0 Å². The van der Waals surface area contributed by atoms with Gasteiger partial charge < -0.3 is 14.8 Å². The van der Waals surface area contributed by atoms with Gasteiger partial charge in [0, 0.05) is 24.7 Å². The van der Waals surface area contributed by atoms with Crippen molar-refractivity contribution in [2.24, 2.45) is 0 Å². The van der Waals surface area contributed by atoms with Gasteiger partial charge in [-0.3, -0.25) is 9.89 Å². The highest BCUT2D eigenvalue weighted by Crippen LogP contribution is 2.22. The molecule has 0 bridgehead atoms. The molecule has 1 heterocycles. The first kappa shape index (κ1) is 19.7. The first-order chi connectivity index (χ1) is 12.3. The molecule has 0 aliphatic carbocycles. The number of hydrogen-bond donors (Lipinski definition) is 3. The molecule has 0 saturated carbocycles. The Morgan fingerprint density at radius 3 is 2.23 bits per heavy atom. The molecule has 0 radical (unpaired) electrons. The molecular formula is C16H22N4O5S. The number of rotatable bonds is 8. The fourth-order valence-electron chi connectivity index (χ4n) is 2.41. The van der Waals surface area contributed by atoms with Gasteiger partial charge in [-0.15, -0.1) is 0 Å². The lowest BCUT2D eigenvalue weighted by atomic mass is 10.2. The van der Waals surface area contributed by atoms with Crippen molar-refractivity contribution in [2.45, 2.75) is 18.7 Å². The Hall–Kier alpha value is -2.59. The molecular weight excluding hydrogens is 360 g/mol. The summed E-state index contributed by atoms with van der Waals surface area (Å²) < 4.78 is 37.3. The van der Waals surface area contributed by atoms with Gasteiger partial charge in [-0.1, -0.05) is 0 Å². The molecule has 142 valence electrons. The fraction of sp³-hybridized carbons (Fsp3) is 0.375. The fourth-order valence-corrected chi connectivity index (χ4v) is 3.81. The van der Waals surface area contributed by atoms with E-state index < -0.39 is 10.0 Å². The largest absolute Gasteiger partial charge is 0.497 e. The van der Waals surface area contributed by atoms with Crippen LogP contribution >= 0.6 is 0 Å². The smallest absolute Gasteiger partial charge is 0.251 e. The maximum absolute atomic E-state index is 12.3. The van der Waals surface area contributed by atoms with Crippen molar-refractivity contribution in [1.29, 1.82) is 0 Å². The van der Waals surface area contributed by atoms with Crippen LogP contribution in [0, 0.1) is 13.8 Å². The summed E-state index contributed by atoms with van der Waals surface area (Å²) in [6.07, 6.45) is 0. The number of H-pyrrole nitrogens is 1. The van der Waals surface area contributed by atoms with Crippen LogP contribution in [-0.2, 0) is 10.0 Å². The highest BCUT2D eigenvalue weighted by Gasteiger charge is 2.21. The van der Waals surface area contributed by atoms with Crippen LogP contribution in [-0.4, -0.2) is 51.8 Å². The predicted molar refractivity (Wildman–Crippen MR) is 95.1 cm³/mol. The van der Waals surface area contributed by atoms with Crippen molar-refractivity contribution < 1.29 is 22.7 Å². The third-order valence-electron chi connectivity index (χ3n) is 3.65. The van der Waals surface area contributed by atoms with Crippen molar-refractivity contribution in [3.63, 3.8) is 0 Å². The van der Waals surface area contributed by atoms with Crippen LogP contribution in [0.15, 0.2) is 23.1 Å². The molecule has 0 spiro atoms. The summed E-state index contributed by atoms with van der Waals surface area (Å²) in [6, 6.07) is 4.79. The van der Waals surface area contributed by atoms with Crippen LogP contribution in [0.2, 0.25) is 0 Å². The molecule has 3 N–H and O–H groups in total. The zero-order valence-electron chi connectivity index (χ0n) is 15.0. The summed E-state index contributed by atoms with van der Waals surface area (Å²) in [5, 5.41) is 9.15. The monoisotopic (exact) mass is 382 g/mol. The van der Waals surface area contributed by atoms with E-state index in [0.717, 1.165) is 0 Å². The lowest BCUT2D eigenvalue weighted by molar-refractivity contribution is 0.0953. The number of nitrogens with one attached hydrogen (secondary N) is 3. The number of aryl methyl sites for hydroxylation is 2. The summed E-state index contributed by atoms with van der Waals surface area (Å²) in [5.74, 6) is 0.610. The average molecular weight is 382 g/mol. The topological polar surface area (TPSA) is 122 Å². The van der Waals surface area contributed by atoms with Gasteiger partial charge in [0.1, 0.15) is 16.4 Å². The standard InChI is InChI=1S/C16H22N4O5S/c1-10-15(11(2)20-19-10)26(22,23)18-6-5-17-16(21)12-7-13(24-3)9-14(8-12)25-4/h7-9,18H,5-6H2,1-4H3,(H,17,21)(H,19,20). The molecule has 1 aromatic carbocycles. The Bertz CT molecular complexity index is 850. The van der Waals surface area contributed by atoms with Crippen LogP contribution in [0.5, 0.6) is 11.5 Å². The SMILES string of the molecule is COc1cc(OC)cc(C(=O)NCCNS(=O)(=O)c2c(C)n[nH]c2C)c1. The minimum absolute atomic E-state index is 0.0409. The minimum atomic E-state index is -3.70. The summed E-state index contributed by atoms with van der Waals surface area (Å²) in [5.41, 5.74) is 1.20. The summed E-state index contributed by atoms with van der Waals surface area (Å²) in [6.45, 7) is 3.40. The van der Waals surface area contributed by atoms with Crippen molar-refractivity contribution in [3.05, 3.63) is 35.2 Å². The Morgan fingerprint density at radius 2 is 1.73 bits per heavy atom. The molecule has 0 atom stereocenters. The zero-order chi connectivity index (χ0) is 19.3. The molecule has 9 nitrogen and oxygen atoms in total. The number of aromatic amines is 1. The van der Waals surface area contributed by atoms with Gasteiger partial charge in [-0.2, -0.15) is 5.10 Å². The molecule has 0 fully saturated rings. The number of ether oxygens (including phenoxy) is 2. The number of carbonyl (C=O) groups is 1. The molecule has 2 rings (SSSR count). The first-order valence-electron chi connectivity index (χ1n) is 7.81. The van der Waals surface area contributed by atoms with Crippen molar-refractivity contribution in [2.75, 3.05) is 27.3 Å². The van der Waals surface area contributed by atoms with Crippen molar-refractivity contribution in [1.82, 2.24) is 20.2 Å². The molecule has 1 amide bonds. The van der Waals surface area contributed by atoms with E-state index in [2.05, 4.69) is 20.2 Å². The van der Waals surface area contributed by atoms with E-state index >= 15 is 0 Å². The molecule has 0 unspecified atom stereocenters. The summed E-state index contributed by atoms with van der Waals surface area (Å²) >= 11 is 0. The molecule has 0 aliphatic rings. The lowest BCUT2D eigenvalue weighted by Gasteiger charge is -2.10. The number of carbonyl (C=O) groups excluding carboxylic acids is 1. The second-order valence-corrected chi connectivity index (χ2v) is 7.22. The van der Waals surface area contributed by atoms with Gasteiger partial charge in [0.15, 0.2) is 0 Å². The molecule has 10 heteroatoms. The number of sulfonamides is 1. The van der Waals surface area contributed by atoms with Gasteiger partial charge >= 0.3 is 0 Å². The number of amides is 1. The third kappa shape index (κ3) is 4.52. The lowest BCUT2D eigenvalue weighted by Crippen LogP contribution is -2.35. The van der Waals surface area contributed by atoms with Gasteiger partial charge in [0.25, 0.3) is 5.91 Å². The molecule has 0 aliphatic heterocycles. The number of hydrogen-bond acceptors (Lipinski definition) is 6. The van der Waals surface area contributed by atoms with Crippen LogP contribution in [0.4, 0.5) is 0 Å². The number of aromatic nitrogens is 2. The van der Waals surface area contributed by atoms with Gasteiger partial charge in [-0.05, 0) is 26.0 Å². The second-order valence-electron chi connectivity index (χ2n) is 5.52. The van der Waals surface area contributed by atoms with Crippen molar-refractivity contribution in [3.8, 4) is 11.5 Å². The van der Waals surface area contributed by atoms with Gasteiger partial charge in [0.05, 0.1) is 25.6 Å². The number of benzene rings is 1. The molecule has 1 aromatic heterocycles. The van der Waals surface area contributed by atoms with Gasteiger partial charge in [-0.25, -0.2) is 13.1 Å². The third-order valence-corrected chi connectivity index (χ3v) is 5.37. The summed E-state index contributed by atoms with van der Waals surface area (Å²) in [4.78, 5) is 12.4. The highest BCUT2D eigenvalue weighted by molar-refractivity contribution is 7.89. The number of nitrogens with zero attached hydrogens (tertiary/aromatic N) is 1. The zero-order valence-corrected chi connectivity index (χ0v) is 15.9. The van der Waals surface area contributed by atoms with Crippen molar-refractivity contribution >= 4 is 15.9 Å². The maximum atomic E-state index is 12.3. The minimum Gasteiger partial charge on any atom is -0.497 e. The quantitative estimate of drug-likeness (QED) is 0.579. The summed E-state index contributed by atoms with van der Waals surface area (Å²) in [7, 11) is -0.715.